The molecule has 4 rings (SSSR count). The van der Waals surface area contributed by atoms with Crippen molar-refractivity contribution in [3.05, 3.63) is 53.6 Å². The van der Waals surface area contributed by atoms with Crippen molar-refractivity contribution in [3.63, 3.8) is 0 Å². The maximum Gasteiger partial charge on any atom is 0.251 e. The first-order valence-electron chi connectivity index (χ1n) is 12.0. The molecule has 1 aliphatic heterocycles. The molecule has 176 valence electrons. The number of thiazole rings is 1. The zero-order valence-electron chi connectivity index (χ0n) is 19.7. The first-order valence-corrected chi connectivity index (χ1v) is 12.8. The third kappa shape index (κ3) is 6.24. The number of carbonyl (C=O) groups excluding carboxylic acids is 1. The van der Waals surface area contributed by atoms with Crippen LogP contribution in [0.5, 0.6) is 5.75 Å². The number of aromatic nitrogens is 1. The molecule has 2 aromatic carbocycles. The van der Waals surface area contributed by atoms with Crippen LogP contribution in [0.4, 0.5) is 5.13 Å². The standard InChI is InChI=1S/C26H34N4O2S/c1-3-4-5-19-32-22-11-9-21(10-12-22)25(31)27-13-14-29-15-17-30(18-16-29)26-28-24-20(2)7-6-8-23(24)33-26/h6-12H,3-5,13-19H2,1-2H3,(H,27,31). The van der Waals surface area contributed by atoms with Crippen molar-refractivity contribution in [1.82, 2.24) is 15.2 Å². The van der Waals surface area contributed by atoms with Crippen LogP contribution in [0.15, 0.2) is 42.5 Å². The Morgan fingerprint density at radius 3 is 2.61 bits per heavy atom. The van der Waals surface area contributed by atoms with Crippen molar-refractivity contribution in [3.8, 4) is 5.75 Å². The first kappa shape index (κ1) is 23.5. The van der Waals surface area contributed by atoms with Crippen LogP contribution >= 0.6 is 11.3 Å². The van der Waals surface area contributed by atoms with Crippen molar-refractivity contribution in [2.75, 3.05) is 50.8 Å². The zero-order valence-corrected chi connectivity index (χ0v) is 20.5. The van der Waals surface area contributed by atoms with E-state index in [9.17, 15) is 4.79 Å². The largest absolute Gasteiger partial charge is 0.494 e. The molecule has 7 heteroatoms. The molecule has 0 bridgehead atoms. The van der Waals surface area contributed by atoms with Crippen LogP contribution < -0.4 is 15.0 Å². The highest BCUT2D eigenvalue weighted by Crippen LogP contribution is 2.30. The first-order chi connectivity index (χ1) is 16.1. The Bertz CT molecular complexity index is 1040. The average molecular weight is 467 g/mol. The van der Waals surface area contributed by atoms with Crippen LogP contribution in [0, 0.1) is 6.92 Å². The number of ether oxygens (including phenoxy) is 1. The lowest BCUT2D eigenvalue weighted by atomic mass is 10.2. The van der Waals surface area contributed by atoms with Gasteiger partial charge in [-0.05, 0) is 49.2 Å². The number of unbranched alkanes of at least 4 members (excludes halogenated alkanes) is 2. The van der Waals surface area contributed by atoms with Gasteiger partial charge in [0.15, 0.2) is 5.13 Å². The van der Waals surface area contributed by atoms with E-state index in [1.165, 1.54) is 23.1 Å². The molecule has 0 saturated carbocycles. The third-order valence-corrected chi connectivity index (χ3v) is 7.18. The van der Waals surface area contributed by atoms with Crippen molar-refractivity contribution < 1.29 is 9.53 Å². The molecule has 0 aliphatic carbocycles. The number of fused-ring (bicyclic) bond motifs is 1. The molecule has 0 unspecified atom stereocenters. The van der Waals surface area contributed by atoms with E-state index in [2.05, 4.69) is 47.2 Å². The molecule has 2 heterocycles. The lowest BCUT2D eigenvalue weighted by Gasteiger charge is -2.34. The number of hydrogen-bond acceptors (Lipinski definition) is 6. The fraction of sp³-hybridized carbons (Fsp3) is 0.462. The number of para-hydroxylation sites is 1. The summed E-state index contributed by atoms with van der Waals surface area (Å²) in [6.07, 6.45) is 3.42. The van der Waals surface area contributed by atoms with Gasteiger partial charge in [-0.15, -0.1) is 0 Å². The highest BCUT2D eigenvalue weighted by atomic mass is 32.1. The second kappa shape index (κ2) is 11.5. The lowest BCUT2D eigenvalue weighted by molar-refractivity contribution is 0.0947. The highest BCUT2D eigenvalue weighted by molar-refractivity contribution is 7.22. The normalized spacial score (nSPS) is 14.5. The molecule has 0 atom stereocenters. The molecule has 1 aromatic heterocycles. The predicted octanol–water partition coefficient (Wildman–Crippen LogP) is 4.73. The molecule has 1 saturated heterocycles. The molecular weight excluding hydrogens is 432 g/mol. The number of amides is 1. The molecule has 1 fully saturated rings. The van der Waals surface area contributed by atoms with Gasteiger partial charge in [0.1, 0.15) is 5.75 Å². The van der Waals surface area contributed by atoms with Gasteiger partial charge in [-0.25, -0.2) is 4.98 Å². The minimum Gasteiger partial charge on any atom is -0.494 e. The van der Waals surface area contributed by atoms with Crippen LogP contribution in [0.1, 0.15) is 42.1 Å². The Kier molecular flexibility index (Phi) is 8.18. The molecule has 0 spiro atoms. The summed E-state index contributed by atoms with van der Waals surface area (Å²) in [4.78, 5) is 22.1. The highest BCUT2D eigenvalue weighted by Gasteiger charge is 2.20. The van der Waals surface area contributed by atoms with Crippen LogP contribution in [0.3, 0.4) is 0 Å². The summed E-state index contributed by atoms with van der Waals surface area (Å²) in [7, 11) is 0. The number of anilines is 1. The quantitative estimate of drug-likeness (QED) is 0.438. The Labute approximate surface area is 200 Å². The number of benzene rings is 2. The second-order valence-electron chi connectivity index (χ2n) is 8.58. The van der Waals surface area contributed by atoms with Crippen molar-refractivity contribution in [2.45, 2.75) is 33.1 Å². The van der Waals surface area contributed by atoms with Gasteiger partial charge in [0.2, 0.25) is 0 Å². The average Bonchev–Trinajstić information content (AvgIpc) is 3.28. The van der Waals surface area contributed by atoms with Gasteiger partial charge in [-0.1, -0.05) is 43.2 Å². The van der Waals surface area contributed by atoms with Gasteiger partial charge >= 0.3 is 0 Å². The Hall–Kier alpha value is -2.64. The van der Waals surface area contributed by atoms with Crippen molar-refractivity contribution in [1.29, 1.82) is 0 Å². The monoisotopic (exact) mass is 466 g/mol. The van der Waals surface area contributed by atoms with E-state index < -0.39 is 0 Å². The van der Waals surface area contributed by atoms with E-state index in [4.69, 9.17) is 9.72 Å². The van der Waals surface area contributed by atoms with E-state index in [-0.39, 0.29) is 5.91 Å². The maximum absolute atomic E-state index is 12.5. The minimum atomic E-state index is -0.0315. The third-order valence-electron chi connectivity index (χ3n) is 6.10. The zero-order chi connectivity index (χ0) is 23.0. The van der Waals surface area contributed by atoms with Gasteiger partial charge in [0.05, 0.1) is 16.8 Å². The molecule has 3 aromatic rings. The SMILES string of the molecule is CCCCCOc1ccc(C(=O)NCCN2CCN(c3nc4c(C)cccc4s3)CC2)cc1. The summed E-state index contributed by atoms with van der Waals surface area (Å²) in [5, 5.41) is 4.16. The molecular formula is C26H34N4O2S. The van der Waals surface area contributed by atoms with Crippen LogP contribution in [0.2, 0.25) is 0 Å². The van der Waals surface area contributed by atoms with Gasteiger partial charge in [0, 0.05) is 44.8 Å². The van der Waals surface area contributed by atoms with Crippen molar-refractivity contribution in [2.24, 2.45) is 0 Å². The number of carbonyl (C=O) groups is 1. The van der Waals surface area contributed by atoms with Crippen LogP contribution in [0.25, 0.3) is 10.2 Å². The summed E-state index contributed by atoms with van der Waals surface area (Å²) >= 11 is 1.78. The van der Waals surface area contributed by atoms with Gasteiger partial charge in [-0.2, -0.15) is 0 Å². The fourth-order valence-electron chi connectivity index (χ4n) is 4.05. The lowest BCUT2D eigenvalue weighted by Crippen LogP contribution is -2.48. The summed E-state index contributed by atoms with van der Waals surface area (Å²) in [5.74, 6) is 0.792. The number of piperazine rings is 1. The smallest absolute Gasteiger partial charge is 0.251 e. The van der Waals surface area contributed by atoms with Crippen LogP contribution in [-0.4, -0.2) is 61.7 Å². The predicted molar refractivity (Wildman–Crippen MR) is 137 cm³/mol. The molecule has 1 amide bonds. The van der Waals surface area contributed by atoms with Gasteiger partial charge < -0.3 is 15.0 Å². The summed E-state index contributed by atoms with van der Waals surface area (Å²) in [6, 6.07) is 13.8. The summed E-state index contributed by atoms with van der Waals surface area (Å²) < 4.78 is 6.98. The van der Waals surface area contributed by atoms with E-state index in [0.29, 0.717) is 12.1 Å². The van der Waals surface area contributed by atoms with Crippen molar-refractivity contribution >= 4 is 32.6 Å². The van der Waals surface area contributed by atoms with E-state index >= 15 is 0 Å². The van der Waals surface area contributed by atoms with Gasteiger partial charge in [-0.3, -0.25) is 9.69 Å². The fourth-order valence-corrected chi connectivity index (χ4v) is 5.14. The molecule has 0 radical (unpaired) electrons. The summed E-state index contributed by atoms with van der Waals surface area (Å²) in [5.41, 5.74) is 3.03. The number of nitrogens with zero attached hydrogens (tertiary/aromatic N) is 3. The number of nitrogens with one attached hydrogen (secondary N) is 1. The number of rotatable bonds is 10. The summed E-state index contributed by atoms with van der Waals surface area (Å²) in [6.45, 7) is 10.4. The molecule has 6 nitrogen and oxygen atoms in total. The van der Waals surface area contributed by atoms with E-state index in [1.54, 1.807) is 11.3 Å². The molecule has 33 heavy (non-hydrogen) atoms. The van der Waals surface area contributed by atoms with E-state index in [1.807, 2.05) is 24.3 Å². The second-order valence-corrected chi connectivity index (χ2v) is 9.59. The number of aryl methyl sites for hydroxylation is 1. The Balaban J connectivity index is 1.17. The van der Waals surface area contributed by atoms with Crippen LogP contribution in [-0.2, 0) is 0 Å². The minimum absolute atomic E-state index is 0.0315. The number of hydrogen-bond donors (Lipinski definition) is 1. The Morgan fingerprint density at radius 1 is 1.09 bits per heavy atom. The molecule has 1 aliphatic rings. The maximum atomic E-state index is 12.5. The Morgan fingerprint density at radius 2 is 1.88 bits per heavy atom. The topological polar surface area (TPSA) is 57.7 Å². The van der Waals surface area contributed by atoms with E-state index in [0.717, 1.165) is 62.1 Å². The molecule has 1 N–H and O–H groups in total. The van der Waals surface area contributed by atoms with Gasteiger partial charge in [0.25, 0.3) is 5.91 Å².